The van der Waals surface area contributed by atoms with Gasteiger partial charge in [0.25, 0.3) is 0 Å². The van der Waals surface area contributed by atoms with Crippen molar-refractivity contribution in [3.05, 3.63) is 41.5 Å². The lowest BCUT2D eigenvalue weighted by molar-refractivity contribution is -0.232. The van der Waals surface area contributed by atoms with Crippen LogP contribution in [0.25, 0.3) is 0 Å². The zero-order chi connectivity index (χ0) is 31.2. The summed E-state index contributed by atoms with van der Waals surface area (Å²) in [6.45, 7) is 18.1. The number of rotatable bonds is 4. The van der Waals surface area contributed by atoms with Crippen molar-refractivity contribution in [2.45, 2.75) is 119 Å². The summed E-state index contributed by atoms with van der Waals surface area (Å²) in [5.74, 6) is 1.42. The number of carbonyl (C=O) groups excluding carboxylic acids is 3. The number of fused-ring (bicyclic) bond motifs is 7. The molecule has 0 radical (unpaired) electrons. The van der Waals surface area contributed by atoms with Crippen molar-refractivity contribution in [3.8, 4) is 0 Å². The molecule has 4 fully saturated rings. The fourth-order valence-corrected chi connectivity index (χ4v) is 12.1. The van der Waals surface area contributed by atoms with E-state index in [4.69, 9.17) is 4.74 Å². The Labute approximate surface area is 259 Å². The van der Waals surface area contributed by atoms with E-state index in [2.05, 4.69) is 53.8 Å². The second kappa shape index (κ2) is 10.0. The third-order valence-corrected chi connectivity index (χ3v) is 14.1. The first-order chi connectivity index (χ1) is 20.1. The summed E-state index contributed by atoms with van der Waals surface area (Å²) >= 11 is 0. The van der Waals surface area contributed by atoms with Crippen LogP contribution in [-0.2, 0) is 19.1 Å². The molecule has 0 aliphatic heterocycles. The van der Waals surface area contributed by atoms with E-state index in [1.54, 1.807) is 6.92 Å². The van der Waals surface area contributed by atoms with E-state index in [1.807, 2.05) is 30.3 Å². The third-order valence-electron chi connectivity index (χ3n) is 14.1. The smallest absolute Gasteiger partial charge is 0.302 e. The molecule has 4 saturated carbocycles. The Morgan fingerprint density at radius 3 is 2.21 bits per heavy atom. The van der Waals surface area contributed by atoms with Crippen LogP contribution in [0.15, 0.2) is 41.5 Å². The van der Waals surface area contributed by atoms with Crippen LogP contribution in [0.2, 0.25) is 0 Å². The number of allylic oxidation sites excluding steroid dienone is 1. The SMILES string of the molecule is CC(=O)O[C@H]1CC[C@]2(C)[C@H]3CC[C@@H]4C5=C(C(C)C)C(=O)C[C@]5(C(=O)Nc5ccccc5)CC[C@@]4(C)[C@]3(C)CC[C@H]2C1(C)C. The van der Waals surface area contributed by atoms with Gasteiger partial charge in [0.15, 0.2) is 5.78 Å². The zero-order valence-electron chi connectivity index (χ0n) is 27.8. The number of para-hydroxylation sites is 1. The standard InChI is InChI=1S/C38H53NO4/c1-23(2)31-27(41)22-38(33(42)39-25-12-10-9-11-13-25)21-20-36(7)26(32(31)38)14-15-29-35(6)18-17-30(43-24(3)40)34(4,5)28(35)16-19-37(29,36)8/h9-13,23,26,28-30H,14-22H2,1-8H3,(H,39,42)/t26-,28+,29-,30+,35+,36-,37-,38-/m1/s1. The molecule has 43 heavy (non-hydrogen) atoms. The number of hydrogen-bond acceptors (Lipinski definition) is 4. The van der Waals surface area contributed by atoms with Crippen LogP contribution >= 0.6 is 0 Å². The summed E-state index contributed by atoms with van der Waals surface area (Å²) in [6.07, 6.45) is 8.42. The number of ketones is 1. The Hall–Kier alpha value is -2.43. The summed E-state index contributed by atoms with van der Waals surface area (Å²) in [5, 5.41) is 3.24. The van der Waals surface area contributed by atoms with Gasteiger partial charge in [-0.1, -0.05) is 66.7 Å². The van der Waals surface area contributed by atoms with Crippen LogP contribution in [0.1, 0.15) is 113 Å². The molecule has 0 bridgehead atoms. The molecule has 6 rings (SSSR count). The van der Waals surface area contributed by atoms with Crippen molar-refractivity contribution < 1.29 is 19.1 Å². The Morgan fingerprint density at radius 2 is 1.56 bits per heavy atom. The fourth-order valence-electron chi connectivity index (χ4n) is 12.1. The minimum absolute atomic E-state index is 0.00763. The van der Waals surface area contributed by atoms with Crippen LogP contribution in [-0.4, -0.2) is 23.8 Å². The first-order valence-electron chi connectivity index (χ1n) is 16.9. The van der Waals surface area contributed by atoms with Crippen LogP contribution in [0.3, 0.4) is 0 Å². The molecule has 0 aromatic heterocycles. The molecule has 0 spiro atoms. The molecule has 1 aromatic rings. The number of Topliss-reactive ketones (excluding diaryl/α,β-unsaturated/α-hetero) is 1. The lowest BCUT2D eigenvalue weighted by Crippen LogP contribution is -2.66. The van der Waals surface area contributed by atoms with E-state index >= 15 is 0 Å². The Kier molecular flexibility index (Phi) is 7.14. The third kappa shape index (κ3) is 4.18. The minimum Gasteiger partial charge on any atom is -0.462 e. The molecule has 1 N–H and O–H groups in total. The molecular weight excluding hydrogens is 534 g/mol. The predicted molar refractivity (Wildman–Crippen MR) is 170 cm³/mol. The normalized spacial score (nSPS) is 41.6. The summed E-state index contributed by atoms with van der Waals surface area (Å²) in [5.41, 5.74) is 2.41. The summed E-state index contributed by atoms with van der Waals surface area (Å²) < 4.78 is 5.92. The van der Waals surface area contributed by atoms with Gasteiger partial charge in [-0.15, -0.1) is 0 Å². The minimum atomic E-state index is -0.745. The molecule has 0 heterocycles. The topological polar surface area (TPSA) is 72.5 Å². The van der Waals surface area contributed by atoms with Gasteiger partial charge in [-0.05, 0) is 115 Å². The highest BCUT2D eigenvalue weighted by atomic mass is 16.5. The number of benzene rings is 1. The van der Waals surface area contributed by atoms with Gasteiger partial charge in [-0.25, -0.2) is 0 Å². The molecule has 5 aliphatic carbocycles. The van der Waals surface area contributed by atoms with E-state index in [0.717, 1.165) is 62.6 Å². The van der Waals surface area contributed by atoms with E-state index < -0.39 is 5.41 Å². The number of nitrogens with one attached hydrogen (secondary N) is 1. The molecule has 5 heteroatoms. The zero-order valence-corrected chi connectivity index (χ0v) is 27.8. The predicted octanol–water partition coefficient (Wildman–Crippen LogP) is 8.54. The average molecular weight is 588 g/mol. The first kappa shape index (κ1) is 30.6. The van der Waals surface area contributed by atoms with Crippen molar-refractivity contribution in [1.82, 2.24) is 0 Å². The summed E-state index contributed by atoms with van der Waals surface area (Å²) in [4.78, 5) is 40.1. The molecule has 5 nitrogen and oxygen atoms in total. The van der Waals surface area contributed by atoms with Crippen molar-refractivity contribution in [2.24, 2.45) is 50.7 Å². The van der Waals surface area contributed by atoms with Crippen LogP contribution in [0.5, 0.6) is 0 Å². The van der Waals surface area contributed by atoms with Gasteiger partial charge in [0.05, 0.1) is 5.41 Å². The highest BCUT2D eigenvalue weighted by Gasteiger charge is 2.71. The number of anilines is 1. The highest BCUT2D eigenvalue weighted by molar-refractivity contribution is 6.10. The van der Waals surface area contributed by atoms with E-state index in [1.165, 1.54) is 5.57 Å². The average Bonchev–Trinajstić information content (AvgIpc) is 3.24. The number of carbonyl (C=O) groups is 3. The van der Waals surface area contributed by atoms with Gasteiger partial charge in [-0.2, -0.15) is 0 Å². The second-order valence-electron chi connectivity index (χ2n) is 16.6. The maximum atomic E-state index is 14.3. The van der Waals surface area contributed by atoms with Gasteiger partial charge in [0.1, 0.15) is 6.10 Å². The Bertz CT molecular complexity index is 1360. The van der Waals surface area contributed by atoms with E-state index in [0.29, 0.717) is 18.3 Å². The molecule has 234 valence electrons. The lowest BCUT2D eigenvalue weighted by atomic mass is 9.33. The number of hydrogen-bond donors (Lipinski definition) is 1. The molecule has 1 aromatic carbocycles. The second-order valence-corrected chi connectivity index (χ2v) is 16.6. The van der Waals surface area contributed by atoms with Gasteiger partial charge >= 0.3 is 5.97 Å². The largest absolute Gasteiger partial charge is 0.462 e. The molecule has 5 aliphatic rings. The van der Waals surface area contributed by atoms with Crippen LogP contribution in [0.4, 0.5) is 5.69 Å². The highest BCUT2D eigenvalue weighted by Crippen LogP contribution is 2.76. The molecule has 1 amide bonds. The first-order valence-corrected chi connectivity index (χ1v) is 16.9. The van der Waals surface area contributed by atoms with E-state index in [-0.39, 0.29) is 57.3 Å². The van der Waals surface area contributed by atoms with Crippen molar-refractivity contribution in [3.63, 3.8) is 0 Å². The monoisotopic (exact) mass is 587 g/mol. The molecule has 0 unspecified atom stereocenters. The van der Waals surface area contributed by atoms with Crippen molar-refractivity contribution in [1.29, 1.82) is 0 Å². The molecule has 0 saturated heterocycles. The maximum absolute atomic E-state index is 14.3. The van der Waals surface area contributed by atoms with E-state index in [9.17, 15) is 14.4 Å². The van der Waals surface area contributed by atoms with Gasteiger partial charge in [0, 0.05) is 24.4 Å². The van der Waals surface area contributed by atoms with Gasteiger partial charge in [0.2, 0.25) is 5.91 Å². The van der Waals surface area contributed by atoms with Gasteiger partial charge in [-0.3, -0.25) is 14.4 Å². The number of amides is 1. The van der Waals surface area contributed by atoms with Crippen molar-refractivity contribution in [2.75, 3.05) is 5.32 Å². The van der Waals surface area contributed by atoms with Crippen LogP contribution < -0.4 is 5.32 Å². The molecular formula is C38H53NO4. The lowest BCUT2D eigenvalue weighted by Gasteiger charge is -2.72. The maximum Gasteiger partial charge on any atom is 0.302 e. The summed E-state index contributed by atoms with van der Waals surface area (Å²) in [7, 11) is 0. The fraction of sp³-hybridized carbons (Fsp3) is 0.711. The number of esters is 1. The number of ether oxygens (including phenoxy) is 1. The van der Waals surface area contributed by atoms with Crippen molar-refractivity contribution >= 4 is 23.3 Å². The summed E-state index contributed by atoms with van der Waals surface area (Å²) in [6, 6.07) is 9.73. The molecule has 8 atom stereocenters. The quantitative estimate of drug-likeness (QED) is 0.358. The Balaban J connectivity index is 1.39. The van der Waals surface area contributed by atoms with Gasteiger partial charge < -0.3 is 10.1 Å². The Morgan fingerprint density at radius 1 is 0.860 bits per heavy atom. The van der Waals surface area contributed by atoms with Crippen LogP contribution in [0, 0.1) is 50.7 Å².